The zero-order valence-corrected chi connectivity index (χ0v) is 13.8. The van der Waals surface area contributed by atoms with Gasteiger partial charge in [0.25, 0.3) is 0 Å². The van der Waals surface area contributed by atoms with Crippen molar-refractivity contribution in [3.05, 3.63) is 29.8 Å². The molecule has 0 saturated carbocycles. The molecule has 0 fully saturated rings. The van der Waals surface area contributed by atoms with Crippen molar-refractivity contribution in [1.82, 2.24) is 16.0 Å². The van der Waals surface area contributed by atoms with Gasteiger partial charge in [-0.25, -0.2) is 4.79 Å². The van der Waals surface area contributed by atoms with Gasteiger partial charge in [0.1, 0.15) is 5.75 Å². The molecule has 0 aliphatic carbocycles. The van der Waals surface area contributed by atoms with Gasteiger partial charge in [-0.05, 0) is 45.4 Å². The number of hydrogen-bond donors (Lipinski definition) is 3. The van der Waals surface area contributed by atoms with Gasteiger partial charge in [0.05, 0.1) is 12.1 Å². The summed E-state index contributed by atoms with van der Waals surface area (Å²) in [6, 6.07) is 6.66. The van der Waals surface area contributed by atoms with Crippen LogP contribution in [-0.4, -0.2) is 31.1 Å². The maximum atomic E-state index is 11.8. The molecule has 0 aliphatic rings. The predicted molar refractivity (Wildman–Crippen MR) is 85.8 cm³/mol. The van der Waals surface area contributed by atoms with Gasteiger partial charge in [0.15, 0.2) is 0 Å². The standard InChI is InChI=1S/C16H25N3O3/c1-10(2)22-14-8-6-7-13(9-14)11(3)18-12(4)15(20)19-16(21)17-5/h6-12,18H,1-5H3,(H2,17,19,20,21). The molecule has 0 aliphatic heterocycles. The molecular weight excluding hydrogens is 282 g/mol. The lowest BCUT2D eigenvalue weighted by Crippen LogP contribution is -2.47. The van der Waals surface area contributed by atoms with E-state index in [-0.39, 0.29) is 18.1 Å². The molecule has 3 N–H and O–H groups in total. The first-order valence-electron chi connectivity index (χ1n) is 7.38. The van der Waals surface area contributed by atoms with E-state index in [0.717, 1.165) is 11.3 Å². The van der Waals surface area contributed by atoms with Gasteiger partial charge < -0.3 is 10.1 Å². The highest BCUT2D eigenvalue weighted by Crippen LogP contribution is 2.20. The predicted octanol–water partition coefficient (Wildman–Crippen LogP) is 1.97. The Kier molecular flexibility index (Phi) is 6.85. The summed E-state index contributed by atoms with van der Waals surface area (Å²) in [7, 11) is 1.46. The average Bonchev–Trinajstić information content (AvgIpc) is 2.46. The second-order valence-corrected chi connectivity index (χ2v) is 5.42. The number of nitrogens with one attached hydrogen (secondary N) is 3. The van der Waals surface area contributed by atoms with Crippen molar-refractivity contribution in [2.75, 3.05) is 7.05 Å². The normalized spacial score (nSPS) is 13.4. The molecule has 6 heteroatoms. The van der Waals surface area contributed by atoms with Crippen molar-refractivity contribution in [3.8, 4) is 5.75 Å². The highest BCUT2D eigenvalue weighted by Gasteiger charge is 2.18. The fourth-order valence-corrected chi connectivity index (χ4v) is 1.96. The van der Waals surface area contributed by atoms with E-state index in [2.05, 4.69) is 16.0 Å². The first kappa shape index (κ1) is 18.0. The lowest BCUT2D eigenvalue weighted by atomic mass is 10.1. The van der Waals surface area contributed by atoms with Crippen molar-refractivity contribution < 1.29 is 14.3 Å². The molecule has 1 rings (SSSR count). The van der Waals surface area contributed by atoms with Gasteiger partial charge in [-0.15, -0.1) is 0 Å². The zero-order chi connectivity index (χ0) is 16.7. The fraction of sp³-hybridized carbons (Fsp3) is 0.500. The summed E-state index contributed by atoms with van der Waals surface area (Å²) in [5, 5.41) is 7.75. The third kappa shape index (κ3) is 5.73. The van der Waals surface area contributed by atoms with Crippen LogP contribution in [0.25, 0.3) is 0 Å². The number of carbonyl (C=O) groups is 2. The van der Waals surface area contributed by atoms with Crippen LogP contribution >= 0.6 is 0 Å². The highest BCUT2D eigenvalue weighted by atomic mass is 16.5. The summed E-state index contributed by atoms with van der Waals surface area (Å²) < 4.78 is 5.66. The molecule has 2 unspecified atom stereocenters. The van der Waals surface area contributed by atoms with Crippen LogP contribution in [0.4, 0.5) is 4.79 Å². The Morgan fingerprint density at radius 1 is 1.14 bits per heavy atom. The van der Waals surface area contributed by atoms with E-state index in [1.54, 1.807) is 6.92 Å². The van der Waals surface area contributed by atoms with Gasteiger partial charge >= 0.3 is 6.03 Å². The first-order chi connectivity index (χ1) is 10.3. The third-order valence-corrected chi connectivity index (χ3v) is 3.09. The Bertz CT molecular complexity index is 517. The minimum absolute atomic E-state index is 0.0545. The summed E-state index contributed by atoms with van der Waals surface area (Å²) in [5.74, 6) is 0.421. The zero-order valence-electron chi connectivity index (χ0n) is 13.8. The number of urea groups is 1. The third-order valence-electron chi connectivity index (χ3n) is 3.09. The van der Waals surface area contributed by atoms with Gasteiger partial charge in [-0.2, -0.15) is 0 Å². The largest absolute Gasteiger partial charge is 0.491 e. The lowest BCUT2D eigenvalue weighted by molar-refractivity contribution is -0.121. The summed E-state index contributed by atoms with van der Waals surface area (Å²) >= 11 is 0. The molecule has 22 heavy (non-hydrogen) atoms. The van der Waals surface area contributed by atoms with E-state index >= 15 is 0 Å². The van der Waals surface area contributed by atoms with Crippen LogP contribution in [0.3, 0.4) is 0 Å². The molecule has 0 bridgehead atoms. The molecule has 0 saturated heterocycles. The molecule has 0 radical (unpaired) electrons. The van der Waals surface area contributed by atoms with Crippen molar-refractivity contribution in [2.45, 2.75) is 45.9 Å². The number of imide groups is 1. The molecule has 1 aromatic rings. The van der Waals surface area contributed by atoms with E-state index in [4.69, 9.17) is 4.74 Å². The lowest BCUT2D eigenvalue weighted by Gasteiger charge is -2.20. The Morgan fingerprint density at radius 3 is 2.41 bits per heavy atom. The monoisotopic (exact) mass is 307 g/mol. The molecule has 2 atom stereocenters. The smallest absolute Gasteiger partial charge is 0.321 e. The van der Waals surface area contributed by atoms with Crippen LogP contribution in [0.1, 0.15) is 39.3 Å². The molecule has 0 spiro atoms. The Hall–Kier alpha value is -2.08. The second kappa shape index (κ2) is 8.38. The minimum Gasteiger partial charge on any atom is -0.491 e. The van der Waals surface area contributed by atoms with Crippen LogP contribution in [0.15, 0.2) is 24.3 Å². The summed E-state index contributed by atoms with van der Waals surface area (Å²) in [6.45, 7) is 7.61. The quantitative estimate of drug-likeness (QED) is 0.751. The van der Waals surface area contributed by atoms with Crippen molar-refractivity contribution in [2.24, 2.45) is 0 Å². The van der Waals surface area contributed by atoms with Crippen LogP contribution in [0.2, 0.25) is 0 Å². The van der Waals surface area contributed by atoms with Gasteiger partial charge in [0.2, 0.25) is 5.91 Å². The fourth-order valence-electron chi connectivity index (χ4n) is 1.96. The van der Waals surface area contributed by atoms with Crippen LogP contribution < -0.4 is 20.7 Å². The van der Waals surface area contributed by atoms with Crippen molar-refractivity contribution in [1.29, 1.82) is 0 Å². The second-order valence-electron chi connectivity index (χ2n) is 5.42. The molecule has 122 valence electrons. The Morgan fingerprint density at radius 2 is 1.82 bits per heavy atom. The summed E-state index contributed by atoms with van der Waals surface area (Å²) in [5.41, 5.74) is 1.01. The molecular formula is C16H25N3O3. The van der Waals surface area contributed by atoms with Crippen molar-refractivity contribution >= 4 is 11.9 Å². The highest BCUT2D eigenvalue weighted by molar-refractivity contribution is 5.96. The van der Waals surface area contributed by atoms with Crippen LogP contribution in [0.5, 0.6) is 5.75 Å². The van der Waals surface area contributed by atoms with E-state index in [1.807, 2.05) is 45.0 Å². The number of amides is 3. The topological polar surface area (TPSA) is 79.5 Å². The minimum atomic E-state index is -0.515. The van der Waals surface area contributed by atoms with Crippen LogP contribution in [0, 0.1) is 0 Å². The average molecular weight is 307 g/mol. The van der Waals surface area contributed by atoms with Gasteiger partial charge in [0, 0.05) is 13.1 Å². The maximum Gasteiger partial charge on any atom is 0.321 e. The number of hydrogen-bond acceptors (Lipinski definition) is 4. The molecule has 3 amide bonds. The Labute approximate surface area is 131 Å². The summed E-state index contributed by atoms with van der Waals surface area (Å²) in [6.07, 6.45) is 0.107. The SMILES string of the molecule is CNC(=O)NC(=O)C(C)NC(C)c1cccc(OC(C)C)c1. The van der Waals surface area contributed by atoms with E-state index in [1.165, 1.54) is 7.05 Å². The Balaban J connectivity index is 2.66. The first-order valence-corrected chi connectivity index (χ1v) is 7.38. The summed E-state index contributed by atoms with van der Waals surface area (Å²) in [4.78, 5) is 23.0. The molecule has 0 heterocycles. The van der Waals surface area contributed by atoms with E-state index in [0.29, 0.717) is 0 Å². The van der Waals surface area contributed by atoms with E-state index < -0.39 is 12.1 Å². The van der Waals surface area contributed by atoms with Crippen LogP contribution in [-0.2, 0) is 4.79 Å². The molecule has 6 nitrogen and oxygen atoms in total. The van der Waals surface area contributed by atoms with Gasteiger partial charge in [-0.3, -0.25) is 15.4 Å². The number of ether oxygens (including phenoxy) is 1. The number of rotatable bonds is 6. The number of carbonyl (C=O) groups excluding carboxylic acids is 2. The maximum absolute atomic E-state index is 11.8. The van der Waals surface area contributed by atoms with Crippen molar-refractivity contribution in [3.63, 3.8) is 0 Å². The molecule has 1 aromatic carbocycles. The van der Waals surface area contributed by atoms with E-state index in [9.17, 15) is 9.59 Å². The van der Waals surface area contributed by atoms with Gasteiger partial charge in [-0.1, -0.05) is 12.1 Å². The number of benzene rings is 1. The molecule has 0 aromatic heterocycles.